The Bertz CT molecular complexity index is 1390. The molecule has 1 amide bonds. The first-order valence-corrected chi connectivity index (χ1v) is 11.1. The molecule has 34 heavy (non-hydrogen) atoms. The number of hydrogen-bond acceptors (Lipinski definition) is 5. The number of fused-ring (bicyclic) bond motifs is 1. The Balaban J connectivity index is 1.44. The Labute approximate surface area is 198 Å². The molecule has 5 rings (SSSR count). The third kappa shape index (κ3) is 3.86. The minimum absolute atomic E-state index is 0.0137. The van der Waals surface area contributed by atoms with Gasteiger partial charge in [0.25, 0.3) is 5.91 Å². The molecule has 0 fully saturated rings. The number of halogens is 3. The van der Waals surface area contributed by atoms with Crippen molar-refractivity contribution in [3.63, 3.8) is 0 Å². The standard InChI is InChI=1S/C24H20ClF2N5O2/c1-32-19-4-3-9-24(16(19)12-29-32,21-5-2-6-22(25)30-21)13-28-23(33)18-11-20(34-31-18)15-8-7-14(26)10-17(15)27/h2,5-8,10-12H,3-4,9,13H2,1H3,(H,28,33). The molecule has 4 aromatic rings. The molecule has 0 saturated carbocycles. The molecular weight excluding hydrogens is 464 g/mol. The lowest BCUT2D eigenvalue weighted by atomic mass is 9.69. The topological polar surface area (TPSA) is 85.8 Å². The molecule has 0 aliphatic heterocycles. The van der Waals surface area contributed by atoms with Crippen LogP contribution in [0.5, 0.6) is 0 Å². The average molecular weight is 484 g/mol. The van der Waals surface area contributed by atoms with Crippen molar-refractivity contribution in [2.75, 3.05) is 6.54 Å². The molecule has 1 unspecified atom stereocenters. The third-order valence-corrected chi connectivity index (χ3v) is 6.50. The summed E-state index contributed by atoms with van der Waals surface area (Å²) in [5.74, 6) is -1.97. The first kappa shape index (κ1) is 22.2. The summed E-state index contributed by atoms with van der Waals surface area (Å²) in [5.41, 5.74) is 2.18. The molecule has 1 aliphatic carbocycles. The van der Waals surface area contributed by atoms with Crippen LogP contribution in [-0.2, 0) is 18.9 Å². The van der Waals surface area contributed by atoms with Gasteiger partial charge < -0.3 is 9.84 Å². The van der Waals surface area contributed by atoms with Gasteiger partial charge in [-0.15, -0.1) is 0 Å². The van der Waals surface area contributed by atoms with E-state index in [2.05, 4.69) is 20.6 Å². The van der Waals surface area contributed by atoms with Gasteiger partial charge in [0.15, 0.2) is 11.5 Å². The van der Waals surface area contributed by atoms with Crippen LogP contribution in [0.15, 0.2) is 53.2 Å². The van der Waals surface area contributed by atoms with E-state index in [9.17, 15) is 13.6 Å². The normalized spacial score (nSPS) is 17.4. The molecule has 174 valence electrons. The summed E-state index contributed by atoms with van der Waals surface area (Å²) in [6, 6.07) is 9.84. The van der Waals surface area contributed by atoms with Crippen LogP contribution in [0.4, 0.5) is 8.78 Å². The summed E-state index contributed by atoms with van der Waals surface area (Å²) < 4.78 is 34.3. The fraction of sp³-hybridized carbons (Fsp3) is 0.250. The predicted octanol–water partition coefficient (Wildman–Crippen LogP) is 4.45. The van der Waals surface area contributed by atoms with E-state index in [1.54, 1.807) is 6.07 Å². The number of hydrogen-bond donors (Lipinski definition) is 1. The molecule has 3 aromatic heterocycles. The van der Waals surface area contributed by atoms with E-state index in [1.165, 1.54) is 12.1 Å². The Morgan fingerprint density at radius 2 is 2.12 bits per heavy atom. The summed E-state index contributed by atoms with van der Waals surface area (Å²) in [7, 11) is 1.89. The van der Waals surface area contributed by atoms with Crippen LogP contribution in [-0.4, -0.2) is 32.4 Å². The SMILES string of the molecule is Cn1ncc2c1CCCC2(CNC(=O)c1cc(-c2ccc(F)cc2F)on1)c1cccc(Cl)n1. The van der Waals surface area contributed by atoms with Crippen molar-refractivity contribution in [1.82, 2.24) is 25.2 Å². The summed E-state index contributed by atoms with van der Waals surface area (Å²) in [4.78, 5) is 17.5. The van der Waals surface area contributed by atoms with Crippen LogP contribution < -0.4 is 5.32 Å². The van der Waals surface area contributed by atoms with Crippen molar-refractivity contribution < 1.29 is 18.1 Å². The van der Waals surface area contributed by atoms with Crippen molar-refractivity contribution in [3.05, 3.63) is 88.1 Å². The van der Waals surface area contributed by atoms with Crippen LogP contribution >= 0.6 is 11.6 Å². The predicted molar refractivity (Wildman–Crippen MR) is 120 cm³/mol. The quantitative estimate of drug-likeness (QED) is 0.424. The third-order valence-electron chi connectivity index (χ3n) is 6.29. The number of aryl methyl sites for hydroxylation is 1. The maximum Gasteiger partial charge on any atom is 0.273 e. The number of aromatic nitrogens is 4. The molecule has 7 nitrogen and oxygen atoms in total. The first-order valence-electron chi connectivity index (χ1n) is 10.7. The van der Waals surface area contributed by atoms with Crippen molar-refractivity contribution in [1.29, 1.82) is 0 Å². The van der Waals surface area contributed by atoms with Crippen molar-refractivity contribution in [2.45, 2.75) is 24.7 Å². The molecule has 0 radical (unpaired) electrons. The Morgan fingerprint density at radius 3 is 2.91 bits per heavy atom. The highest BCUT2D eigenvalue weighted by Crippen LogP contribution is 2.42. The number of rotatable bonds is 5. The van der Waals surface area contributed by atoms with Gasteiger partial charge in [-0.05, 0) is 43.5 Å². The van der Waals surface area contributed by atoms with Crippen LogP contribution in [0, 0.1) is 11.6 Å². The van der Waals surface area contributed by atoms with Crippen LogP contribution in [0.3, 0.4) is 0 Å². The van der Waals surface area contributed by atoms with Gasteiger partial charge in [-0.2, -0.15) is 5.10 Å². The van der Waals surface area contributed by atoms with E-state index in [4.69, 9.17) is 16.1 Å². The molecule has 0 spiro atoms. The maximum atomic E-state index is 14.1. The monoisotopic (exact) mass is 483 g/mol. The maximum absolute atomic E-state index is 14.1. The molecule has 0 bridgehead atoms. The van der Waals surface area contributed by atoms with Gasteiger partial charge in [0.05, 0.1) is 22.9 Å². The lowest BCUT2D eigenvalue weighted by Gasteiger charge is -2.37. The molecule has 3 heterocycles. The molecule has 1 atom stereocenters. The van der Waals surface area contributed by atoms with E-state index in [-0.39, 0.29) is 23.6 Å². The van der Waals surface area contributed by atoms with Gasteiger partial charge in [0.2, 0.25) is 0 Å². The van der Waals surface area contributed by atoms with Gasteiger partial charge in [0.1, 0.15) is 16.8 Å². The molecular formula is C24H20ClF2N5O2. The summed E-state index contributed by atoms with van der Waals surface area (Å²) >= 11 is 6.20. The average Bonchev–Trinajstić information content (AvgIpc) is 3.45. The molecule has 1 aliphatic rings. The number of pyridine rings is 1. The minimum Gasteiger partial charge on any atom is -0.355 e. The van der Waals surface area contributed by atoms with Crippen LogP contribution in [0.25, 0.3) is 11.3 Å². The fourth-order valence-corrected chi connectivity index (χ4v) is 4.75. The highest BCUT2D eigenvalue weighted by Gasteiger charge is 2.42. The van der Waals surface area contributed by atoms with Crippen molar-refractivity contribution >= 4 is 17.5 Å². The zero-order valence-corrected chi connectivity index (χ0v) is 18.9. The fourth-order valence-electron chi connectivity index (χ4n) is 4.59. The minimum atomic E-state index is -0.805. The zero-order valence-electron chi connectivity index (χ0n) is 18.2. The second-order valence-corrected chi connectivity index (χ2v) is 8.68. The smallest absolute Gasteiger partial charge is 0.273 e. The Kier molecular flexibility index (Phi) is 5.65. The highest BCUT2D eigenvalue weighted by molar-refractivity contribution is 6.29. The molecule has 1 N–H and O–H groups in total. The summed E-state index contributed by atoms with van der Waals surface area (Å²) in [6.07, 6.45) is 4.31. The van der Waals surface area contributed by atoms with Gasteiger partial charge in [-0.3, -0.25) is 9.48 Å². The number of nitrogens with zero attached hydrogens (tertiary/aromatic N) is 4. The first-order chi connectivity index (χ1) is 16.4. The van der Waals surface area contributed by atoms with Gasteiger partial charge in [-0.25, -0.2) is 13.8 Å². The summed E-state index contributed by atoms with van der Waals surface area (Å²) in [5, 5.41) is 11.5. The number of nitrogens with one attached hydrogen (secondary N) is 1. The molecule has 0 saturated heterocycles. The van der Waals surface area contributed by atoms with E-state index >= 15 is 0 Å². The number of carbonyl (C=O) groups is 1. The van der Waals surface area contributed by atoms with Crippen molar-refractivity contribution in [2.24, 2.45) is 7.05 Å². The van der Waals surface area contributed by atoms with E-state index in [0.717, 1.165) is 48.3 Å². The lowest BCUT2D eigenvalue weighted by Crippen LogP contribution is -2.44. The van der Waals surface area contributed by atoms with E-state index in [1.807, 2.05) is 30.1 Å². The molecule has 1 aromatic carbocycles. The lowest BCUT2D eigenvalue weighted by molar-refractivity contribution is 0.0935. The van der Waals surface area contributed by atoms with Crippen LogP contribution in [0.2, 0.25) is 5.15 Å². The number of amides is 1. The van der Waals surface area contributed by atoms with Gasteiger partial charge >= 0.3 is 0 Å². The van der Waals surface area contributed by atoms with Gasteiger partial charge in [-0.1, -0.05) is 22.8 Å². The Morgan fingerprint density at radius 1 is 1.26 bits per heavy atom. The van der Waals surface area contributed by atoms with E-state index < -0.39 is 23.0 Å². The summed E-state index contributed by atoms with van der Waals surface area (Å²) in [6.45, 7) is 0.227. The highest BCUT2D eigenvalue weighted by atomic mass is 35.5. The van der Waals surface area contributed by atoms with Gasteiger partial charge in [0, 0.05) is 37.0 Å². The van der Waals surface area contributed by atoms with Crippen LogP contribution in [0.1, 0.15) is 40.3 Å². The van der Waals surface area contributed by atoms with Crippen molar-refractivity contribution in [3.8, 4) is 11.3 Å². The second kappa shape index (κ2) is 8.64. The number of carbonyl (C=O) groups excluding carboxylic acids is 1. The second-order valence-electron chi connectivity index (χ2n) is 8.29. The number of benzene rings is 1. The molecule has 10 heteroatoms. The van der Waals surface area contributed by atoms with E-state index in [0.29, 0.717) is 5.15 Å². The largest absolute Gasteiger partial charge is 0.355 e. The zero-order chi connectivity index (χ0) is 23.9. The Hall–Kier alpha value is -3.59.